The topological polar surface area (TPSA) is 29.0 Å². The molecule has 0 aliphatic heterocycles. The minimum Gasteiger partial charge on any atom is -0.355 e. The second-order valence-corrected chi connectivity index (χ2v) is 4.67. The summed E-state index contributed by atoms with van der Waals surface area (Å²) in [7, 11) is 0. The largest absolute Gasteiger partial charge is 0.355 e. The molecule has 1 aliphatic carbocycles. The van der Waals surface area contributed by atoms with Gasteiger partial charge >= 0.3 is 0 Å². The second-order valence-electron chi connectivity index (χ2n) is 4.41. The first-order valence-electron chi connectivity index (χ1n) is 5.97. The fraction of sp³-hybridized carbons (Fsp3) is 0.667. The van der Waals surface area contributed by atoms with Crippen molar-refractivity contribution in [3.63, 3.8) is 0 Å². The van der Waals surface area contributed by atoms with Gasteiger partial charge in [-0.15, -0.1) is 16.7 Å². The van der Waals surface area contributed by atoms with Gasteiger partial charge in [-0.1, -0.05) is 6.92 Å². The van der Waals surface area contributed by atoms with E-state index in [4.69, 9.17) is 11.6 Å². The summed E-state index contributed by atoms with van der Waals surface area (Å²) in [6.07, 6.45) is 3.88. The number of rotatable bonds is 6. The van der Waals surface area contributed by atoms with Crippen LogP contribution in [0, 0.1) is 5.92 Å². The Morgan fingerprint density at radius 2 is 2.19 bits per heavy atom. The molecule has 1 aromatic rings. The standard InChI is InChI=1S/C12H18ClN3/c1-2-7-16(9-10-3-4-10)12-6-5-11(8-13)14-15-12/h5-6,10H,2-4,7-9H2,1H3. The molecule has 1 fully saturated rings. The number of halogens is 1. The number of anilines is 1. The van der Waals surface area contributed by atoms with E-state index in [1.165, 1.54) is 12.8 Å². The molecule has 0 saturated heterocycles. The lowest BCUT2D eigenvalue weighted by Gasteiger charge is -2.22. The molecule has 0 amide bonds. The van der Waals surface area contributed by atoms with E-state index in [1.807, 2.05) is 12.1 Å². The van der Waals surface area contributed by atoms with Crippen molar-refractivity contribution in [3.05, 3.63) is 17.8 Å². The Bertz CT molecular complexity index is 322. The van der Waals surface area contributed by atoms with E-state index in [1.54, 1.807) is 0 Å². The fourth-order valence-corrected chi connectivity index (χ4v) is 1.92. The molecule has 88 valence electrons. The van der Waals surface area contributed by atoms with Gasteiger partial charge in [0.2, 0.25) is 0 Å². The summed E-state index contributed by atoms with van der Waals surface area (Å²) >= 11 is 5.70. The zero-order valence-electron chi connectivity index (χ0n) is 9.69. The van der Waals surface area contributed by atoms with E-state index in [0.717, 1.165) is 36.9 Å². The number of hydrogen-bond donors (Lipinski definition) is 0. The summed E-state index contributed by atoms with van der Waals surface area (Å²) in [5, 5.41) is 8.35. The lowest BCUT2D eigenvalue weighted by molar-refractivity contribution is 0.691. The summed E-state index contributed by atoms with van der Waals surface area (Å²) in [6, 6.07) is 3.99. The molecule has 2 rings (SSSR count). The van der Waals surface area contributed by atoms with Crippen LogP contribution in [0.15, 0.2) is 12.1 Å². The van der Waals surface area contributed by atoms with Crippen molar-refractivity contribution in [2.75, 3.05) is 18.0 Å². The lowest BCUT2D eigenvalue weighted by Crippen LogP contribution is -2.27. The van der Waals surface area contributed by atoms with Crippen LogP contribution in [0.25, 0.3) is 0 Å². The third kappa shape index (κ3) is 3.08. The maximum atomic E-state index is 5.70. The molecule has 3 nitrogen and oxygen atoms in total. The molecule has 4 heteroatoms. The van der Waals surface area contributed by atoms with Gasteiger partial charge in [0.1, 0.15) is 0 Å². The van der Waals surface area contributed by atoms with Crippen molar-refractivity contribution in [1.82, 2.24) is 10.2 Å². The maximum Gasteiger partial charge on any atom is 0.151 e. The molecule has 0 aromatic carbocycles. The van der Waals surface area contributed by atoms with Crippen LogP contribution in [0.4, 0.5) is 5.82 Å². The average molecular weight is 240 g/mol. The summed E-state index contributed by atoms with van der Waals surface area (Å²) < 4.78 is 0. The molecule has 0 spiro atoms. The van der Waals surface area contributed by atoms with E-state index in [-0.39, 0.29) is 0 Å². The number of nitrogens with zero attached hydrogens (tertiary/aromatic N) is 3. The van der Waals surface area contributed by atoms with Crippen molar-refractivity contribution in [3.8, 4) is 0 Å². The minimum atomic E-state index is 0.434. The zero-order valence-corrected chi connectivity index (χ0v) is 10.5. The third-order valence-corrected chi connectivity index (χ3v) is 3.11. The Morgan fingerprint density at radius 3 is 2.69 bits per heavy atom. The summed E-state index contributed by atoms with van der Waals surface area (Å²) in [5.74, 6) is 2.30. The summed E-state index contributed by atoms with van der Waals surface area (Å²) in [5.41, 5.74) is 0.841. The highest BCUT2D eigenvalue weighted by Crippen LogP contribution is 2.30. The zero-order chi connectivity index (χ0) is 11.4. The van der Waals surface area contributed by atoms with Crippen molar-refractivity contribution >= 4 is 17.4 Å². The Morgan fingerprint density at radius 1 is 1.38 bits per heavy atom. The molecule has 0 N–H and O–H groups in total. The van der Waals surface area contributed by atoms with Crippen LogP contribution in [-0.2, 0) is 5.88 Å². The quantitative estimate of drug-likeness (QED) is 0.715. The molecule has 1 aliphatic rings. The monoisotopic (exact) mass is 239 g/mol. The predicted molar refractivity (Wildman–Crippen MR) is 66.8 cm³/mol. The van der Waals surface area contributed by atoms with Gasteiger partial charge in [-0.2, -0.15) is 5.10 Å². The lowest BCUT2D eigenvalue weighted by atomic mass is 10.3. The Balaban J connectivity index is 2.03. The van der Waals surface area contributed by atoms with Crippen LogP contribution in [-0.4, -0.2) is 23.3 Å². The first-order chi connectivity index (χ1) is 7.83. The van der Waals surface area contributed by atoms with Crippen LogP contribution in [0.5, 0.6) is 0 Å². The number of alkyl halides is 1. The second kappa shape index (κ2) is 5.48. The van der Waals surface area contributed by atoms with Crippen LogP contribution in [0.1, 0.15) is 31.9 Å². The van der Waals surface area contributed by atoms with Crippen LogP contribution in [0.2, 0.25) is 0 Å². The Hall–Kier alpha value is -0.830. The minimum absolute atomic E-state index is 0.434. The Kier molecular flexibility index (Phi) is 3.99. The summed E-state index contributed by atoms with van der Waals surface area (Å²) in [4.78, 5) is 2.34. The van der Waals surface area contributed by atoms with Gasteiger partial charge in [0.25, 0.3) is 0 Å². The molecule has 16 heavy (non-hydrogen) atoms. The van der Waals surface area contributed by atoms with Gasteiger partial charge in [0.15, 0.2) is 5.82 Å². The van der Waals surface area contributed by atoms with Crippen molar-refractivity contribution in [1.29, 1.82) is 0 Å². The van der Waals surface area contributed by atoms with E-state index < -0.39 is 0 Å². The highest BCUT2D eigenvalue weighted by atomic mass is 35.5. The molecule has 1 aromatic heterocycles. The number of aromatic nitrogens is 2. The van der Waals surface area contributed by atoms with Gasteiger partial charge < -0.3 is 4.90 Å². The summed E-state index contributed by atoms with van der Waals surface area (Å²) in [6.45, 7) is 4.38. The van der Waals surface area contributed by atoms with Crippen molar-refractivity contribution in [2.24, 2.45) is 5.92 Å². The van der Waals surface area contributed by atoms with Crippen LogP contribution < -0.4 is 4.90 Å². The Labute approximate surface area is 102 Å². The van der Waals surface area contributed by atoms with Crippen LogP contribution >= 0.6 is 11.6 Å². The predicted octanol–water partition coefficient (Wildman–Crippen LogP) is 2.84. The molecule has 1 heterocycles. The maximum absolute atomic E-state index is 5.70. The van der Waals surface area contributed by atoms with Crippen molar-refractivity contribution < 1.29 is 0 Å². The SMILES string of the molecule is CCCN(CC1CC1)c1ccc(CCl)nn1. The normalized spacial score (nSPS) is 15.1. The van der Waals surface area contributed by atoms with Gasteiger partial charge in [0, 0.05) is 13.1 Å². The highest BCUT2D eigenvalue weighted by Gasteiger charge is 2.24. The molecule has 0 unspecified atom stereocenters. The molecule has 0 radical (unpaired) electrons. The molecule has 0 bridgehead atoms. The molecular weight excluding hydrogens is 222 g/mol. The van der Waals surface area contributed by atoms with Gasteiger partial charge in [-0.25, -0.2) is 0 Å². The van der Waals surface area contributed by atoms with E-state index in [9.17, 15) is 0 Å². The average Bonchev–Trinajstić information content (AvgIpc) is 3.13. The van der Waals surface area contributed by atoms with Crippen LogP contribution in [0.3, 0.4) is 0 Å². The van der Waals surface area contributed by atoms with Gasteiger partial charge in [0.05, 0.1) is 11.6 Å². The molecule has 0 atom stereocenters. The van der Waals surface area contributed by atoms with E-state index in [0.29, 0.717) is 5.88 Å². The van der Waals surface area contributed by atoms with E-state index >= 15 is 0 Å². The number of hydrogen-bond acceptors (Lipinski definition) is 3. The highest BCUT2D eigenvalue weighted by molar-refractivity contribution is 6.16. The molecule has 1 saturated carbocycles. The van der Waals surface area contributed by atoms with Gasteiger partial charge in [-0.3, -0.25) is 0 Å². The fourth-order valence-electron chi connectivity index (χ4n) is 1.77. The van der Waals surface area contributed by atoms with E-state index in [2.05, 4.69) is 22.0 Å². The van der Waals surface area contributed by atoms with Gasteiger partial charge in [-0.05, 0) is 37.3 Å². The third-order valence-electron chi connectivity index (χ3n) is 2.84. The smallest absolute Gasteiger partial charge is 0.151 e. The van der Waals surface area contributed by atoms with Crippen molar-refractivity contribution in [2.45, 2.75) is 32.1 Å². The first kappa shape index (κ1) is 11.6. The molecular formula is C12H18ClN3. The first-order valence-corrected chi connectivity index (χ1v) is 6.50.